The number of hydrogen-bond donors (Lipinski definition) is 1. The average Bonchev–Trinajstić information content (AvgIpc) is 3.20. The summed E-state index contributed by atoms with van der Waals surface area (Å²) in [6.45, 7) is 1.83. The lowest BCUT2D eigenvalue weighted by molar-refractivity contribution is 0.563. The van der Waals surface area contributed by atoms with E-state index in [0.29, 0.717) is 16.3 Å². The number of aromatic amines is 1. The van der Waals surface area contributed by atoms with Gasteiger partial charge in [0, 0.05) is 23.7 Å². The Balaban J connectivity index is 1.87. The highest BCUT2D eigenvalue weighted by molar-refractivity contribution is 7.90. The molecule has 0 saturated carbocycles. The molecule has 1 N–H and O–H groups in total. The summed E-state index contributed by atoms with van der Waals surface area (Å²) in [7, 11) is -7.13. The van der Waals surface area contributed by atoms with Crippen molar-refractivity contribution in [2.45, 2.75) is 29.3 Å². The maximum atomic E-state index is 12.6. The summed E-state index contributed by atoms with van der Waals surface area (Å²) in [4.78, 5) is 16.1. The van der Waals surface area contributed by atoms with Crippen molar-refractivity contribution in [1.29, 1.82) is 0 Å². The molecule has 2 aromatic heterocycles. The number of H-pyrrole nitrogens is 1. The first-order valence-electron chi connectivity index (χ1n) is 7.74. The largest absolute Gasteiger partial charge is 0.344 e. The van der Waals surface area contributed by atoms with Gasteiger partial charge in [-0.2, -0.15) is 0 Å². The maximum absolute atomic E-state index is 12.6. The van der Waals surface area contributed by atoms with Crippen LogP contribution in [0.2, 0.25) is 0 Å². The van der Waals surface area contributed by atoms with Gasteiger partial charge in [-0.25, -0.2) is 31.7 Å². The molecule has 0 spiro atoms. The third-order valence-corrected chi connectivity index (χ3v) is 7.35. The van der Waals surface area contributed by atoms with Crippen molar-refractivity contribution < 1.29 is 16.8 Å². The molecular weight excluding hydrogens is 412 g/mol. The standard InChI is InChI=1S/C15H16N4O5S3/c1-3-19-14(20)17-18-15(19)27(23,24)9-11-8-25-13(16-11)10-4-6-12(7-5-10)26(2,21)22/h4-8H,3,9H2,1-2H3,(H,17,20). The van der Waals surface area contributed by atoms with Crippen LogP contribution in [-0.2, 0) is 32.0 Å². The fourth-order valence-corrected chi connectivity index (χ4v) is 5.39. The van der Waals surface area contributed by atoms with Crippen LogP contribution in [0.5, 0.6) is 0 Å². The van der Waals surface area contributed by atoms with E-state index in [1.54, 1.807) is 24.4 Å². The zero-order valence-corrected chi connectivity index (χ0v) is 16.9. The van der Waals surface area contributed by atoms with Crippen LogP contribution in [0.3, 0.4) is 0 Å². The molecule has 0 saturated heterocycles. The van der Waals surface area contributed by atoms with Gasteiger partial charge in [0.2, 0.25) is 9.84 Å². The fraction of sp³-hybridized carbons (Fsp3) is 0.267. The fourth-order valence-electron chi connectivity index (χ4n) is 2.43. The molecule has 144 valence electrons. The van der Waals surface area contributed by atoms with E-state index in [9.17, 15) is 21.6 Å². The van der Waals surface area contributed by atoms with Gasteiger partial charge >= 0.3 is 5.69 Å². The second-order valence-electron chi connectivity index (χ2n) is 5.76. The minimum Gasteiger partial charge on any atom is -0.266 e. The summed E-state index contributed by atoms with van der Waals surface area (Å²) in [6, 6.07) is 6.20. The lowest BCUT2D eigenvalue weighted by Crippen LogP contribution is -2.20. The van der Waals surface area contributed by atoms with Gasteiger partial charge in [0.25, 0.3) is 5.16 Å². The summed E-state index contributed by atoms with van der Waals surface area (Å²) in [5.41, 5.74) is 0.419. The van der Waals surface area contributed by atoms with E-state index in [0.717, 1.165) is 10.8 Å². The number of hydrogen-bond acceptors (Lipinski definition) is 8. The van der Waals surface area contributed by atoms with Crippen LogP contribution in [0, 0.1) is 0 Å². The van der Waals surface area contributed by atoms with Gasteiger partial charge in [0.15, 0.2) is 9.84 Å². The van der Waals surface area contributed by atoms with Crippen LogP contribution in [0.25, 0.3) is 10.6 Å². The van der Waals surface area contributed by atoms with Crippen LogP contribution in [0.15, 0.2) is 44.5 Å². The Labute approximate surface area is 159 Å². The third kappa shape index (κ3) is 4.01. The number of rotatable bonds is 6. The smallest absolute Gasteiger partial charge is 0.266 e. The molecule has 0 bridgehead atoms. The number of nitrogens with zero attached hydrogens (tertiary/aromatic N) is 3. The van der Waals surface area contributed by atoms with E-state index in [1.165, 1.54) is 23.5 Å². The van der Waals surface area contributed by atoms with Crippen molar-refractivity contribution in [3.8, 4) is 10.6 Å². The van der Waals surface area contributed by atoms with Gasteiger partial charge in [0.05, 0.1) is 10.6 Å². The molecule has 3 rings (SSSR count). The van der Waals surface area contributed by atoms with Crippen LogP contribution >= 0.6 is 11.3 Å². The summed E-state index contributed by atoms with van der Waals surface area (Å²) in [5.74, 6) is -0.394. The topological polar surface area (TPSA) is 132 Å². The Morgan fingerprint density at radius 1 is 1.15 bits per heavy atom. The molecule has 0 atom stereocenters. The van der Waals surface area contributed by atoms with E-state index >= 15 is 0 Å². The number of thiazole rings is 1. The zero-order valence-electron chi connectivity index (χ0n) is 14.4. The molecule has 0 radical (unpaired) electrons. The maximum Gasteiger partial charge on any atom is 0.344 e. The van der Waals surface area contributed by atoms with Gasteiger partial charge in [-0.05, 0) is 19.1 Å². The van der Waals surface area contributed by atoms with E-state index in [1.807, 2.05) is 0 Å². The van der Waals surface area contributed by atoms with Gasteiger partial charge in [-0.15, -0.1) is 16.4 Å². The Hall–Kier alpha value is -2.31. The minimum atomic E-state index is -3.84. The predicted octanol–water partition coefficient (Wildman–Crippen LogP) is 1.09. The first kappa shape index (κ1) is 19.5. The highest BCUT2D eigenvalue weighted by Crippen LogP contribution is 2.26. The minimum absolute atomic E-state index is 0.179. The number of aromatic nitrogens is 4. The molecule has 12 heteroatoms. The van der Waals surface area contributed by atoms with Crippen molar-refractivity contribution >= 4 is 31.0 Å². The van der Waals surface area contributed by atoms with Crippen LogP contribution < -0.4 is 5.69 Å². The SMILES string of the molecule is CCn1c(S(=O)(=O)Cc2csc(-c3ccc(S(C)(=O)=O)cc3)n2)n[nH]c1=O. The van der Waals surface area contributed by atoms with Gasteiger partial charge in [0.1, 0.15) is 10.8 Å². The molecule has 3 aromatic rings. The molecule has 0 fully saturated rings. The monoisotopic (exact) mass is 428 g/mol. The lowest BCUT2D eigenvalue weighted by atomic mass is 10.2. The Morgan fingerprint density at radius 2 is 1.81 bits per heavy atom. The Bertz CT molecular complexity index is 1240. The molecule has 1 aromatic carbocycles. The summed E-state index contributed by atoms with van der Waals surface area (Å²) < 4.78 is 49.2. The molecule has 0 amide bonds. The van der Waals surface area contributed by atoms with Crippen LogP contribution in [0.4, 0.5) is 0 Å². The summed E-state index contributed by atoms with van der Waals surface area (Å²) in [5, 5.41) is 7.61. The number of benzene rings is 1. The highest BCUT2D eigenvalue weighted by Gasteiger charge is 2.24. The van der Waals surface area contributed by atoms with Crippen molar-refractivity contribution in [2.75, 3.05) is 6.26 Å². The summed E-state index contributed by atoms with van der Waals surface area (Å²) >= 11 is 1.25. The first-order chi connectivity index (χ1) is 12.6. The second kappa shape index (κ2) is 7.02. The predicted molar refractivity (Wildman–Crippen MR) is 100 cm³/mol. The van der Waals surface area contributed by atoms with Crippen molar-refractivity contribution in [3.63, 3.8) is 0 Å². The van der Waals surface area contributed by atoms with E-state index in [4.69, 9.17) is 0 Å². The third-order valence-electron chi connectivity index (χ3n) is 3.74. The van der Waals surface area contributed by atoms with Crippen LogP contribution in [-0.4, -0.2) is 42.8 Å². The first-order valence-corrected chi connectivity index (χ1v) is 12.2. The molecule has 0 aliphatic carbocycles. The normalized spacial score (nSPS) is 12.4. The summed E-state index contributed by atoms with van der Waals surface area (Å²) in [6.07, 6.45) is 1.12. The van der Waals surface area contributed by atoms with Crippen molar-refractivity contribution in [1.82, 2.24) is 19.7 Å². The molecule has 9 nitrogen and oxygen atoms in total. The Morgan fingerprint density at radius 3 is 2.41 bits per heavy atom. The zero-order chi connectivity index (χ0) is 19.8. The number of nitrogens with one attached hydrogen (secondary N) is 1. The second-order valence-corrected chi connectivity index (χ2v) is 10.5. The average molecular weight is 429 g/mol. The lowest BCUT2D eigenvalue weighted by Gasteiger charge is -2.03. The van der Waals surface area contributed by atoms with Crippen molar-refractivity contribution in [3.05, 3.63) is 45.8 Å². The quantitative estimate of drug-likeness (QED) is 0.621. The Kier molecular flexibility index (Phi) is 5.06. The highest BCUT2D eigenvalue weighted by atomic mass is 32.2. The molecule has 0 aliphatic rings. The van der Waals surface area contributed by atoms with Gasteiger partial charge in [-0.1, -0.05) is 12.1 Å². The van der Waals surface area contributed by atoms with Gasteiger partial charge in [-0.3, -0.25) is 4.57 Å². The van der Waals surface area contributed by atoms with E-state index < -0.39 is 31.1 Å². The van der Waals surface area contributed by atoms with E-state index in [-0.39, 0.29) is 16.6 Å². The number of sulfone groups is 2. The van der Waals surface area contributed by atoms with E-state index in [2.05, 4.69) is 15.2 Å². The molecule has 0 aliphatic heterocycles. The molecular formula is C15H16N4O5S3. The molecule has 2 heterocycles. The van der Waals surface area contributed by atoms with Crippen molar-refractivity contribution in [2.24, 2.45) is 0 Å². The van der Waals surface area contributed by atoms with Crippen LogP contribution in [0.1, 0.15) is 12.6 Å². The molecule has 27 heavy (non-hydrogen) atoms. The van der Waals surface area contributed by atoms with Gasteiger partial charge < -0.3 is 0 Å². The molecule has 0 unspecified atom stereocenters.